The number of hydrogen-bond donors (Lipinski definition) is 0. The van der Waals surface area contributed by atoms with Crippen LogP contribution < -0.4 is 0 Å². The molecule has 0 saturated carbocycles. The Morgan fingerprint density at radius 3 is 2.50 bits per heavy atom. The van der Waals surface area contributed by atoms with Crippen molar-refractivity contribution in [2.24, 2.45) is 0 Å². The molecule has 0 aromatic carbocycles. The molecule has 0 atom stereocenters. The molecule has 1 aliphatic heterocycles. The van der Waals surface area contributed by atoms with Crippen LogP contribution in [0.3, 0.4) is 0 Å². The summed E-state index contributed by atoms with van der Waals surface area (Å²) >= 11 is 0. The van der Waals surface area contributed by atoms with Crippen LogP contribution in [0, 0.1) is 0 Å². The maximum absolute atomic E-state index is 11.1. The zero-order valence-corrected chi connectivity index (χ0v) is 10.2. The molecule has 0 aromatic heterocycles. The van der Waals surface area contributed by atoms with Gasteiger partial charge < -0.3 is 9.47 Å². The quantitative estimate of drug-likeness (QED) is 0.364. The van der Waals surface area contributed by atoms with E-state index < -0.39 is 9.84 Å². The standard InChI is InChI=1S/C9H17NO5S/c1-9(11)15-8-14-5-2-10-3-6-16(12,13)7-4-10/h2-8H2,1H3. The number of rotatable bonds is 5. The third-order valence-corrected chi connectivity index (χ3v) is 3.94. The van der Waals surface area contributed by atoms with Gasteiger partial charge in [-0.3, -0.25) is 9.69 Å². The number of esters is 1. The predicted molar refractivity (Wildman–Crippen MR) is 57.7 cm³/mol. The van der Waals surface area contributed by atoms with Crippen molar-refractivity contribution in [3.05, 3.63) is 0 Å². The highest BCUT2D eigenvalue weighted by atomic mass is 32.2. The van der Waals surface area contributed by atoms with E-state index in [0.717, 1.165) is 0 Å². The lowest BCUT2D eigenvalue weighted by Gasteiger charge is -2.26. The first-order valence-corrected chi connectivity index (χ1v) is 6.96. The third kappa shape index (κ3) is 5.43. The minimum absolute atomic E-state index is 0.0402. The van der Waals surface area contributed by atoms with E-state index in [2.05, 4.69) is 4.74 Å². The van der Waals surface area contributed by atoms with Crippen molar-refractivity contribution < 1.29 is 22.7 Å². The molecule has 0 bridgehead atoms. The molecule has 16 heavy (non-hydrogen) atoms. The molecule has 0 spiro atoms. The zero-order valence-electron chi connectivity index (χ0n) is 9.35. The Kier molecular flexibility index (Phi) is 5.17. The van der Waals surface area contributed by atoms with E-state index in [1.807, 2.05) is 4.90 Å². The minimum atomic E-state index is -2.81. The molecule has 7 heteroatoms. The smallest absolute Gasteiger partial charge is 0.304 e. The lowest BCUT2D eigenvalue weighted by atomic mass is 10.5. The van der Waals surface area contributed by atoms with Crippen LogP contribution in [0.15, 0.2) is 0 Å². The van der Waals surface area contributed by atoms with E-state index in [1.165, 1.54) is 6.92 Å². The van der Waals surface area contributed by atoms with Crippen LogP contribution in [0.25, 0.3) is 0 Å². The van der Waals surface area contributed by atoms with Crippen molar-refractivity contribution in [1.82, 2.24) is 4.90 Å². The summed E-state index contributed by atoms with van der Waals surface area (Å²) in [5, 5.41) is 0. The van der Waals surface area contributed by atoms with Gasteiger partial charge in [-0.05, 0) is 0 Å². The average molecular weight is 251 g/mol. The number of hydrogen-bond acceptors (Lipinski definition) is 6. The van der Waals surface area contributed by atoms with E-state index in [9.17, 15) is 13.2 Å². The molecule has 6 nitrogen and oxygen atoms in total. The van der Waals surface area contributed by atoms with E-state index >= 15 is 0 Å². The van der Waals surface area contributed by atoms with E-state index in [-0.39, 0.29) is 24.3 Å². The van der Waals surface area contributed by atoms with Gasteiger partial charge in [0, 0.05) is 26.6 Å². The summed E-state index contributed by atoms with van der Waals surface area (Å²) in [4.78, 5) is 12.4. The molecular weight excluding hydrogens is 234 g/mol. The van der Waals surface area contributed by atoms with Crippen LogP contribution in [-0.4, -0.2) is 63.8 Å². The van der Waals surface area contributed by atoms with Gasteiger partial charge in [-0.1, -0.05) is 0 Å². The van der Waals surface area contributed by atoms with Gasteiger partial charge in [0.2, 0.25) is 0 Å². The van der Waals surface area contributed by atoms with Crippen molar-refractivity contribution in [3.8, 4) is 0 Å². The largest absolute Gasteiger partial charge is 0.439 e. The van der Waals surface area contributed by atoms with Crippen LogP contribution >= 0.6 is 0 Å². The van der Waals surface area contributed by atoms with Gasteiger partial charge >= 0.3 is 5.97 Å². The first-order chi connectivity index (χ1) is 7.49. The SMILES string of the molecule is CC(=O)OCOCCN1CCS(=O)(=O)CC1. The average Bonchev–Trinajstić information content (AvgIpc) is 2.19. The van der Waals surface area contributed by atoms with Crippen LogP contribution in [0.1, 0.15) is 6.92 Å². The fourth-order valence-electron chi connectivity index (χ4n) is 1.35. The highest BCUT2D eigenvalue weighted by molar-refractivity contribution is 7.91. The van der Waals surface area contributed by atoms with Crippen LogP contribution in [-0.2, 0) is 24.1 Å². The van der Waals surface area contributed by atoms with Crippen molar-refractivity contribution in [3.63, 3.8) is 0 Å². The normalized spacial score (nSPS) is 20.6. The lowest BCUT2D eigenvalue weighted by molar-refractivity contribution is -0.153. The molecule has 1 rings (SSSR count). The van der Waals surface area contributed by atoms with Crippen molar-refractivity contribution >= 4 is 15.8 Å². The predicted octanol–water partition coefficient (Wildman–Crippen LogP) is -0.746. The Balaban J connectivity index is 2.04. The molecule has 0 N–H and O–H groups in total. The Morgan fingerprint density at radius 2 is 1.94 bits per heavy atom. The number of carbonyl (C=O) groups is 1. The zero-order chi connectivity index (χ0) is 12.0. The number of carbonyl (C=O) groups excluding carboxylic acids is 1. The second-order valence-corrected chi connectivity index (χ2v) is 5.96. The summed E-state index contributed by atoms with van der Waals surface area (Å²) in [6, 6.07) is 0. The van der Waals surface area contributed by atoms with Crippen molar-refractivity contribution in [2.45, 2.75) is 6.92 Å². The van der Waals surface area contributed by atoms with E-state index in [4.69, 9.17) is 4.74 Å². The van der Waals surface area contributed by atoms with Crippen molar-refractivity contribution in [2.75, 3.05) is 44.5 Å². The summed E-state index contributed by atoms with van der Waals surface area (Å²) in [7, 11) is -2.81. The van der Waals surface area contributed by atoms with Gasteiger partial charge in [0.1, 0.15) is 0 Å². The highest BCUT2D eigenvalue weighted by Crippen LogP contribution is 2.02. The molecule has 1 heterocycles. The van der Waals surface area contributed by atoms with Crippen LogP contribution in [0.4, 0.5) is 0 Å². The Morgan fingerprint density at radius 1 is 1.31 bits per heavy atom. The summed E-state index contributed by atoms with van der Waals surface area (Å²) in [5.74, 6) is 0.0671. The van der Waals surface area contributed by atoms with Gasteiger partial charge in [0.15, 0.2) is 16.6 Å². The molecule has 94 valence electrons. The summed E-state index contributed by atoms with van der Waals surface area (Å²) in [6.45, 7) is 3.49. The Hall–Kier alpha value is -0.660. The number of nitrogens with zero attached hydrogens (tertiary/aromatic N) is 1. The third-order valence-electron chi connectivity index (χ3n) is 2.33. The molecule has 1 aliphatic rings. The van der Waals surface area contributed by atoms with Gasteiger partial charge in [-0.2, -0.15) is 0 Å². The van der Waals surface area contributed by atoms with Crippen LogP contribution in [0.2, 0.25) is 0 Å². The van der Waals surface area contributed by atoms with E-state index in [0.29, 0.717) is 26.2 Å². The maximum Gasteiger partial charge on any atom is 0.304 e. The Labute approximate surface area is 95.4 Å². The molecule has 0 amide bonds. The van der Waals surface area contributed by atoms with Gasteiger partial charge in [-0.15, -0.1) is 0 Å². The molecule has 1 saturated heterocycles. The molecule has 0 unspecified atom stereocenters. The minimum Gasteiger partial charge on any atom is -0.439 e. The second kappa shape index (κ2) is 6.17. The summed E-state index contributed by atoms with van der Waals surface area (Å²) in [6.07, 6.45) is 0. The molecule has 0 aromatic rings. The van der Waals surface area contributed by atoms with Gasteiger partial charge in [-0.25, -0.2) is 8.42 Å². The van der Waals surface area contributed by atoms with E-state index in [1.54, 1.807) is 0 Å². The number of ether oxygens (including phenoxy) is 2. The molecule has 0 radical (unpaired) electrons. The lowest BCUT2D eigenvalue weighted by Crippen LogP contribution is -2.41. The first-order valence-electron chi connectivity index (χ1n) is 5.13. The van der Waals surface area contributed by atoms with Crippen molar-refractivity contribution in [1.29, 1.82) is 0 Å². The second-order valence-electron chi connectivity index (χ2n) is 3.66. The highest BCUT2D eigenvalue weighted by Gasteiger charge is 2.20. The topological polar surface area (TPSA) is 72.9 Å². The number of sulfone groups is 1. The Bertz CT molecular complexity index is 313. The maximum atomic E-state index is 11.1. The fourth-order valence-corrected chi connectivity index (χ4v) is 2.63. The molecule has 1 fully saturated rings. The fraction of sp³-hybridized carbons (Fsp3) is 0.889. The van der Waals surface area contributed by atoms with Gasteiger partial charge in [0.25, 0.3) is 0 Å². The first kappa shape index (κ1) is 13.4. The monoisotopic (exact) mass is 251 g/mol. The summed E-state index contributed by atoms with van der Waals surface area (Å²) < 4.78 is 31.9. The summed E-state index contributed by atoms with van der Waals surface area (Å²) in [5.41, 5.74) is 0. The molecular formula is C9H17NO5S. The van der Waals surface area contributed by atoms with Gasteiger partial charge in [0.05, 0.1) is 18.1 Å². The molecule has 0 aliphatic carbocycles. The van der Waals surface area contributed by atoms with Crippen LogP contribution in [0.5, 0.6) is 0 Å².